The molecule has 1 nitrogen and oxygen atoms in total. The van der Waals surface area contributed by atoms with Gasteiger partial charge in [0.05, 0.1) is 0 Å². The smallest absolute Gasteiger partial charge is 0.0426 e. The fraction of sp³-hybridized carbons (Fsp3) is 0.571. The monoisotopic (exact) mass is 315 g/mol. The van der Waals surface area contributed by atoms with Gasteiger partial charge in [-0.05, 0) is 36.5 Å². The number of rotatable bonds is 4. The molecule has 0 aromatic heterocycles. The van der Waals surface area contributed by atoms with Crippen LogP contribution in [0.2, 0.25) is 5.02 Å². The molecule has 0 aliphatic heterocycles. The van der Waals surface area contributed by atoms with Gasteiger partial charge in [-0.15, -0.1) is 0 Å². The number of hydrogen-bond donors (Lipinski definition) is 0. The predicted octanol–water partition coefficient (Wildman–Crippen LogP) is 4.86. The van der Waals surface area contributed by atoms with Gasteiger partial charge in [0.15, 0.2) is 0 Å². The molecule has 0 bridgehead atoms. The standard InChI is InChI=1S/C14H19BrClN/c1-17(10-11-4-2-3-5-11)14-8-13(16)7-6-12(14)9-15/h6-8,11H,2-5,9-10H2,1H3. The summed E-state index contributed by atoms with van der Waals surface area (Å²) in [7, 11) is 2.18. The van der Waals surface area contributed by atoms with Crippen LogP contribution in [-0.2, 0) is 5.33 Å². The van der Waals surface area contributed by atoms with Crippen LogP contribution in [0.25, 0.3) is 0 Å². The summed E-state index contributed by atoms with van der Waals surface area (Å²) in [4.78, 5) is 2.36. The molecular weight excluding hydrogens is 298 g/mol. The van der Waals surface area contributed by atoms with Crippen molar-refractivity contribution in [3.63, 3.8) is 0 Å². The molecule has 1 fully saturated rings. The summed E-state index contributed by atoms with van der Waals surface area (Å²) in [6, 6.07) is 6.15. The third kappa shape index (κ3) is 3.38. The van der Waals surface area contributed by atoms with Crippen molar-refractivity contribution in [2.75, 3.05) is 18.5 Å². The Kier molecular flexibility index (Phi) is 4.75. The van der Waals surface area contributed by atoms with Gasteiger partial charge in [0, 0.05) is 29.6 Å². The molecule has 1 aliphatic rings. The molecule has 94 valence electrons. The number of hydrogen-bond acceptors (Lipinski definition) is 1. The van der Waals surface area contributed by atoms with E-state index in [1.807, 2.05) is 6.07 Å². The quantitative estimate of drug-likeness (QED) is 0.717. The lowest BCUT2D eigenvalue weighted by atomic mass is 10.1. The van der Waals surface area contributed by atoms with Crippen LogP contribution < -0.4 is 4.90 Å². The molecule has 0 unspecified atom stereocenters. The van der Waals surface area contributed by atoms with Crippen LogP contribution in [0.5, 0.6) is 0 Å². The molecule has 1 aliphatic carbocycles. The molecule has 1 aromatic carbocycles. The minimum Gasteiger partial charge on any atom is -0.374 e. The molecule has 0 N–H and O–H groups in total. The van der Waals surface area contributed by atoms with Crippen LogP contribution in [0.1, 0.15) is 31.2 Å². The number of halogens is 2. The Morgan fingerprint density at radius 1 is 1.35 bits per heavy atom. The van der Waals surface area contributed by atoms with Crippen molar-refractivity contribution >= 4 is 33.2 Å². The van der Waals surface area contributed by atoms with Crippen molar-refractivity contribution in [1.29, 1.82) is 0 Å². The van der Waals surface area contributed by atoms with Gasteiger partial charge >= 0.3 is 0 Å². The Labute approximate surface area is 117 Å². The lowest BCUT2D eigenvalue weighted by molar-refractivity contribution is 0.546. The number of benzene rings is 1. The maximum atomic E-state index is 6.09. The van der Waals surface area contributed by atoms with Crippen molar-refractivity contribution in [3.8, 4) is 0 Å². The highest BCUT2D eigenvalue weighted by molar-refractivity contribution is 9.08. The lowest BCUT2D eigenvalue weighted by Gasteiger charge is -2.25. The molecule has 0 amide bonds. The normalized spacial score (nSPS) is 16.4. The summed E-state index contributed by atoms with van der Waals surface area (Å²) in [6.07, 6.45) is 5.57. The van der Waals surface area contributed by atoms with Gasteiger partial charge in [-0.2, -0.15) is 0 Å². The fourth-order valence-corrected chi connectivity index (χ4v) is 3.32. The van der Waals surface area contributed by atoms with Crippen LogP contribution >= 0.6 is 27.5 Å². The summed E-state index contributed by atoms with van der Waals surface area (Å²) in [5, 5.41) is 1.71. The summed E-state index contributed by atoms with van der Waals surface area (Å²) in [6.45, 7) is 1.15. The molecule has 3 heteroatoms. The van der Waals surface area contributed by atoms with Crippen LogP contribution in [-0.4, -0.2) is 13.6 Å². The Hall–Kier alpha value is -0.210. The molecule has 1 aromatic rings. The average Bonchev–Trinajstić information content (AvgIpc) is 2.81. The van der Waals surface area contributed by atoms with Gasteiger partial charge in [0.25, 0.3) is 0 Å². The van der Waals surface area contributed by atoms with E-state index in [1.54, 1.807) is 0 Å². The topological polar surface area (TPSA) is 3.24 Å². The molecule has 1 saturated carbocycles. The second kappa shape index (κ2) is 6.10. The van der Waals surface area contributed by atoms with Gasteiger partial charge in [0.2, 0.25) is 0 Å². The van der Waals surface area contributed by atoms with Gasteiger partial charge in [-0.25, -0.2) is 0 Å². The maximum absolute atomic E-state index is 6.09. The first-order chi connectivity index (χ1) is 8.20. The van der Waals surface area contributed by atoms with E-state index >= 15 is 0 Å². The number of alkyl halides is 1. The Balaban J connectivity index is 2.11. The maximum Gasteiger partial charge on any atom is 0.0426 e. The summed E-state index contributed by atoms with van der Waals surface area (Å²) < 4.78 is 0. The predicted molar refractivity (Wildman–Crippen MR) is 79.3 cm³/mol. The van der Waals surface area contributed by atoms with E-state index in [-0.39, 0.29) is 0 Å². The molecular formula is C14H19BrClN. The molecule has 0 atom stereocenters. The van der Waals surface area contributed by atoms with E-state index < -0.39 is 0 Å². The summed E-state index contributed by atoms with van der Waals surface area (Å²) >= 11 is 9.64. The third-order valence-corrected chi connectivity index (χ3v) is 4.45. The van der Waals surface area contributed by atoms with Gasteiger partial charge < -0.3 is 4.90 Å². The van der Waals surface area contributed by atoms with Crippen LogP contribution in [0.15, 0.2) is 18.2 Å². The van der Waals surface area contributed by atoms with Crippen LogP contribution in [0.3, 0.4) is 0 Å². The largest absolute Gasteiger partial charge is 0.374 e. The summed E-state index contributed by atoms with van der Waals surface area (Å²) in [5.41, 5.74) is 2.58. The molecule has 2 rings (SSSR count). The minimum atomic E-state index is 0.822. The molecule has 0 spiro atoms. The third-order valence-electron chi connectivity index (χ3n) is 3.61. The molecule has 0 heterocycles. The second-order valence-corrected chi connectivity index (χ2v) is 5.93. The first-order valence-electron chi connectivity index (χ1n) is 6.26. The molecule has 17 heavy (non-hydrogen) atoms. The first-order valence-corrected chi connectivity index (χ1v) is 7.76. The van der Waals surface area contributed by atoms with Gasteiger partial charge in [0.1, 0.15) is 0 Å². The van der Waals surface area contributed by atoms with E-state index in [9.17, 15) is 0 Å². The van der Waals surface area contributed by atoms with Gasteiger partial charge in [-0.1, -0.05) is 46.4 Å². The van der Waals surface area contributed by atoms with Gasteiger partial charge in [-0.3, -0.25) is 0 Å². The highest BCUT2D eigenvalue weighted by Gasteiger charge is 2.18. The van der Waals surface area contributed by atoms with Crippen molar-refractivity contribution in [3.05, 3.63) is 28.8 Å². The Morgan fingerprint density at radius 3 is 2.71 bits per heavy atom. The van der Waals surface area contributed by atoms with E-state index in [1.165, 1.54) is 36.9 Å². The Morgan fingerprint density at radius 2 is 2.06 bits per heavy atom. The minimum absolute atomic E-state index is 0.822. The van der Waals surface area contributed by atoms with Crippen molar-refractivity contribution in [2.45, 2.75) is 31.0 Å². The van der Waals surface area contributed by atoms with Crippen molar-refractivity contribution in [1.82, 2.24) is 0 Å². The van der Waals surface area contributed by atoms with Crippen LogP contribution in [0, 0.1) is 5.92 Å². The molecule has 0 radical (unpaired) electrons. The van der Waals surface area contributed by atoms with Crippen LogP contribution in [0.4, 0.5) is 5.69 Å². The Bertz CT molecular complexity index is 374. The van der Waals surface area contributed by atoms with E-state index in [0.29, 0.717) is 0 Å². The second-order valence-electron chi connectivity index (χ2n) is 4.94. The van der Waals surface area contributed by atoms with E-state index in [0.717, 1.165) is 22.8 Å². The summed E-state index contributed by atoms with van der Waals surface area (Å²) in [5.74, 6) is 0.863. The highest BCUT2D eigenvalue weighted by atomic mass is 79.9. The molecule has 0 saturated heterocycles. The lowest BCUT2D eigenvalue weighted by Crippen LogP contribution is -2.24. The fourth-order valence-electron chi connectivity index (χ4n) is 2.68. The zero-order chi connectivity index (χ0) is 12.3. The van der Waals surface area contributed by atoms with E-state index in [4.69, 9.17) is 11.6 Å². The van der Waals surface area contributed by atoms with Crippen molar-refractivity contribution < 1.29 is 0 Å². The first kappa shape index (κ1) is 13.2. The van der Waals surface area contributed by atoms with E-state index in [2.05, 4.69) is 40.0 Å². The highest BCUT2D eigenvalue weighted by Crippen LogP contribution is 2.30. The number of anilines is 1. The SMILES string of the molecule is CN(CC1CCCC1)c1cc(Cl)ccc1CBr. The zero-order valence-corrected chi connectivity index (χ0v) is 12.6. The van der Waals surface area contributed by atoms with Crippen molar-refractivity contribution in [2.24, 2.45) is 5.92 Å². The zero-order valence-electron chi connectivity index (χ0n) is 10.3. The average molecular weight is 317 g/mol. The number of nitrogens with zero attached hydrogens (tertiary/aromatic N) is 1.